The van der Waals surface area contributed by atoms with Crippen molar-refractivity contribution in [3.8, 4) is 11.5 Å². The van der Waals surface area contributed by atoms with E-state index in [2.05, 4.69) is 41.0 Å². The van der Waals surface area contributed by atoms with Gasteiger partial charge in [0, 0.05) is 50.9 Å². The summed E-state index contributed by atoms with van der Waals surface area (Å²) in [5, 5.41) is 19.9. The van der Waals surface area contributed by atoms with Gasteiger partial charge in [0.2, 0.25) is 0 Å². The minimum atomic E-state index is 0.188. The molecule has 1 heterocycles. The summed E-state index contributed by atoms with van der Waals surface area (Å²) in [6.07, 6.45) is 0.756. The highest BCUT2D eigenvalue weighted by molar-refractivity contribution is 5.45. The van der Waals surface area contributed by atoms with Crippen LogP contribution in [0.15, 0.2) is 42.5 Å². The zero-order valence-electron chi connectivity index (χ0n) is 16.3. The van der Waals surface area contributed by atoms with Gasteiger partial charge in [0.1, 0.15) is 0 Å². The maximum atomic E-state index is 10.4. The van der Waals surface area contributed by atoms with Gasteiger partial charge in [-0.25, -0.2) is 0 Å². The van der Waals surface area contributed by atoms with Crippen LogP contribution in [-0.4, -0.2) is 59.4 Å². The number of methoxy groups -OCH3 is 1. The van der Waals surface area contributed by atoms with E-state index < -0.39 is 0 Å². The first-order valence-corrected chi connectivity index (χ1v) is 9.59. The third-order valence-corrected chi connectivity index (χ3v) is 5.48. The van der Waals surface area contributed by atoms with Crippen molar-refractivity contribution in [1.29, 1.82) is 0 Å². The second kappa shape index (κ2) is 9.22. The fourth-order valence-corrected chi connectivity index (χ4v) is 3.84. The summed E-state index contributed by atoms with van der Waals surface area (Å²) in [4.78, 5) is 4.82. The molecule has 3 rings (SSSR count). The minimum absolute atomic E-state index is 0.188. The smallest absolute Gasteiger partial charge is 0.162 e. The van der Waals surface area contributed by atoms with E-state index in [1.807, 2.05) is 12.1 Å². The predicted molar refractivity (Wildman–Crippen MR) is 107 cm³/mol. The molecule has 1 fully saturated rings. The number of piperazine rings is 1. The Kier molecular flexibility index (Phi) is 6.72. The number of rotatable bonds is 7. The minimum Gasteiger partial charge on any atom is -0.504 e. The van der Waals surface area contributed by atoms with E-state index in [0.717, 1.165) is 38.2 Å². The second-order valence-corrected chi connectivity index (χ2v) is 7.27. The molecule has 1 unspecified atom stereocenters. The number of hydrogen-bond donors (Lipinski definition) is 2. The van der Waals surface area contributed by atoms with Gasteiger partial charge in [-0.05, 0) is 30.5 Å². The molecule has 0 aromatic heterocycles. The van der Waals surface area contributed by atoms with Crippen molar-refractivity contribution in [3.05, 3.63) is 59.2 Å². The molecule has 1 atom stereocenters. The SMILES string of the molecule is COc1cccc(CN2CCN(Cc3ccccc3C)C(CCO)C2)c1O. The van der Waals surface area contributed by atoms with Crippen LogP contribution in [-0.2, 0) is 13.1 Å². The summed E-state index contributed by atoms with van der Waals surface area (Å²) in [6.45, 7) is 6.70. The monoisotopic (exact) mass is 370 g/mol. The van der Waals surface area contributed by atoms with Gasteiger partial charge in [-0.3, -0.25) is 9.80 Å². The van der Waals surface area contributed by atoms with Crippen molar-refractivity contribution < 1.29 is 14.9 Å². The van der Waals surface area contributed by atoms with Crippen LogP contribution in [0, 0.1) is 6.92 Å². The number of aryl methyl sites for hydroxylation is 1. The Morgan fingerprint density at radius 3 is 2.56 bits per heavy atom. The molecule has 1 aliphatic rings. The number of aromatic hydroxyl groups is 1. The Morgan fingerprint density at radius 1 is 1.04 bits per heavy atom. The van der Waals surface area contributed by atoms with Crippen LogP contribution in [0.2, 0.25) is 0 Å². The van der Waals surface area contributed by atoms with Gasteiger partial charge in [-0.1, -0.05) is 36.4 Å². The Balaban J connectivity index is 1.68. The number of ether oxygens (including phenoxy) is 1. The first-order chi connectivity index (χ1) is 13.1. The fourth-order valence-electron chi connectivity index (χ4n) is 3.84. The van der Waals surface area contributed by atoms with Crippen LogP contribution in [0.1, 0.15) is 23.1 Å². The lowest BCUT2D eigenvalue weighted by Gasteiger charge is -2.41. The van der Waals surface area contributed by atoms with Crippen LogP contribution >= 0.6 is 0 Å². The van der Waals surface area contributed by atoms with E-state index in [1.54, 1.807) is 13.2 Å². The molecule has 2 N–H and O–H groups in total. The van der Waals surface area contributed by atoms with E-state index in [-0.39, 0.29) is 12.4 Å². The van der Waals surface area contributed by atoms with Gasteiger partial charge in [0.15, 0.2) is 11.5 Å². The van der Waals surface area contributed by atoms with E-state index in [4.69, 9.17) is 4.74 Å². The average Bonchev–Trinajstić information content (AvgIpc) is 2.67. The molecule has 5 nitrogen and oxygen atoms in total. The van der Waals surface area contributed by atoms with E-state index in [1.165, 1.54) is 11.1 Å². The highest BCUT2D eigenvalue weighted by Crippen LogP contribution is 2.31. The Morgan fingerprint density at radius 2 is 1.81 bits per heavy atom. The van der Waals surface area contributed by atoms with Crippen LogP contribution in [0.5, 0.6) is 11.5 Å². The van der Waals surface area contributed by atoms with Crippen molar-refractivity contribution in [3.63, 3.8) is 0 Å². The summed E-state index contributed by atoms with van der Waals surface area (Å²) < 4.78 is 5.22. The summed E-state index contributed by atoms with van der Waals surface area (Å²) in [5.74, 6) is 0.735. The lowest BCUT2D eigenvalue weighted by molar-refractivity contribution is 0.0495. The van der Waals surface area contributed by atoms with Gasteiger partial charge < -0.3 is 14.9 Å². The van der Waals surface area contributed by atoms with Crippen LogP contribution < -0.4 is 4.74 Å². The van der Waals surface area contributed by atoms with Crippen LogP contribution in [0.25, 0.3) is 0 Å². The van der Waals surface area contributed by atoms with Crippen molar-refractivity contribution in [1.82, 2.24) is 9.80 Å². The van der Waals surface area contributed by atoms with Crippen LogP contribution in [0.3, 0.4) is 0 Å². The summed E-state index contributed by atoms with van der Waals surface area (Å²) >= 11 is 0. The highest BCUT2D eigenvalue weighted by atomic mass is 16.5. The van der Waals surface area contributed by atoms with Gasteiger partial charge in [0.05, 0.1) is 7.11 Å². The lowest BCUT2D eigenvalue weighted by atomic mass is 10.0. The van der Waals surface area contributed by atoms with Gasteiger partial charge >= 0.3 is 0 Å². The highest BCUT2D eigenvalue weighted by Gasteiger charge is 2.27. The van der Waals surface area contributed by atoms with Gasteiger partial charge in [-0.2, -0.15) is 0 Å². The molecule has 2 aromatic carbocycles. The van der Waals surface area contributed by atoms with E-state index in [9.17, 15) is 10.2 Å². The number of phenols is 1. The number of aliphatic hydroxyl groups is 1. The molecular formula is C22H30N2O3. The topological polar surface area (TPSA) is 56.2 Å². The molecule has 1 aliphatic heterocycles. The lowest BCUT2D eigenvalue weighted by Crippen LogP contribution is -2.52. The van der Waals surface area contributed by atoms with E-state index in [0.29, 0.717) is 18.3 Å². The normalized spacial score (nSPS) is 18.6. The molecular weight excluding hydrogens is 340 g/mol. The molecule has 1 saturated heterocycles. The molecule has 0 amide bonds. The molecule has 0 aliphatic carbocycles. The summed E-state index contributed by atoms with van der Waals surface area (Å²) in [5.41, 5.74) is 3.53. The maximum Gasteiger partial charge on any atom is 0.162 e. The molecule has 146 valence electrons. The summed E-state index contributed by atoms with van der Waals surface area (Å²) in [7, 11) is 1.57. The number of phenolic OH excluding ortho intramolecular Hbond substituents is 1. The molecule has 0 saturated carbocycles. The molecule has 0 radical (unpaired) electrons. The van der Waals surface area contributed by atoms with Gasteiger partial charge in [-0.15, -0.1) is 0 Å². The first kappa shape index (κ1) is 19.7. The zero-order chi connectivity index (χ0) is 19.2. The van der Waals surface area contributed by atoms with E-state index >= 15 is 0 Å². The van der Waals surface area contributed by atoms with Crippen molar-refractivity contribution >= 4 is 0 Å². The number of aliphatic hydroxyl groups excluding tert-OH is 1. The second-order valence-electron chi connectivity index (χ2n) is 7.27. The Bertz CT molecular complexity index is 750. The quantitative estimate of drug-likeness (QED) is 0.785. The predicted octanol–water partition coefficient (Wildman–Crippen LogP) is 2.78. The largest absolute Gasteiger partial charge is 0.504 e. The molecule has 0 bridgehead atoms. The third kappa shape index (κ3) is 4.80. The number of nitrogens with zero attached hydrogens (tertiary/aromatic N) is 2. The molecule has 0 spiro atoms. The Hall–Kier alpha value is -2.08. The number of hydrogen-bond acceptors (Lipinski definition) is 5. The number of benzene rings is 2. The van der Waals surface area contributed by atoms with Crippen molar-refractivity contribution in [2.24, 2.45) is 0 Å². The third-order valence-electron chi connectivity index (χ3n) is 5.48. The van der Waals surface area contributed by atoms with Crippen molar-refractivity contribution in [2.75, 3.05) is 33.4 Å². The average molecular weight is 370 g/mol. The number of para-hydroxylation sites is 1. The standard InChI is InChI=1S/C22H30N2O3/c1-17-6-3-4-7-18(17)15-24-12-11-23(16-20(24)10-13-25)14-19-8-5-9-21(27-2)22(19)26/h3-9,20,25-26H,10-16H2,1-2H3. The van der Waals surface area contributed by atoms with Gasteiger partial charge in [0.25, 0.3) is 0 Å². The Labute approximate surface area is 161 Å². The van der Waals surface area contributed by atoms with Crippen LogP contribution in [0.4, 0.5) is 0 Å². The molecule has 2 aromatic rings. The first-order valence-electron chi connectivity index (χ1n) is 9.59. The molecule has 5 heteroatoms. The zero-order valence-corrected chi connectivity index (χ0v) is 16.3. The fraction of sp³-hybridized carbons (Fsp3) is 0.455. The maximum absolute atomic E-state index is 10.4. The molecule has 27 heavy (non-hydrogen) atoms. The van der Waals surface area contributed by atoms with Crippen molar-refractivity contribution in [2.45, 2.75) is 32.5 Å². The summed E-state index contributed by atoms with van der Waals surface area (Å²) in [6, 6.07) is 14.4.